The van der Waals surface area contributed by atoms with Crippen molar-refractivity contribution >= 4 is 23.6 Å². The fourth-order valence-corrected chi connectivity index (χ4v) is 2.03. The van der Waals surface area contributed by atoms with Crippen LogP contribution in [0.3, 0.4) is 0 Å². The van der Waals surface area contributed by atoms with E-state index in [2.05, 4.69) is 18.5 Å². The minimum Gasteiger partial charge on any atom is -0.480 e. The van der Waals surface area contributed by atoms with Gasteiger partial charge in [0.1, 0.15) is 17.7 Å². The molecule has 0 bridgehead atoms. The molecule has 0 aromatic rings. The fraction of sp³-hybridized carbons (Fsp3) is 0.400. The molecule has 0 fully saturated rings. The number of rotatable bonds is 11. The van der Waals surface area contributed by atoms with Gasteiger partial charge in [0.2, 0.25) is 0 Å². The number of aliphatic carboxylic acids is 1. The first-order chi connectivity index (χ1) is 10.5. The molecule has 0 aliphatic rings. The molecule has 1 atom stereocenters. The highest BCUT2D eigenvalue weighted by Gasteiger charge is 2.21. The molecule has 1 unspecified atom stereocenters. The number of thioether (sulfide) groups is 1. The van der Waals surface area contributed by atoms with Crippen LogP contribution in [0.5, 0.6) is 0 Å². The third-order valence-corrected chi connectivity index (χ3v) is 3.26. The van der Waals surface area contributed by atoms with Gasteiger partial charge < -0.3 is 15.3 Å². The first kappa shape index (κ1) is 19.8. The molecule has 120 valence electrons. The van der Waals surface area contributed by atoms with Gasteiger partial charge in [-0.05, 0) is 18.4 Å². The quantitative estimate of drug-likeness (QED) is 0.339. The van der Waals surface area contributed by atoms with Gasteiger partial charge in [-0.2, -0.15) is 17.0 Å². The SMILES string of the molecule is C=CCN(/C=C(/C#N)C(=O)NC(CCSC)C(=O)O)CC=C. The van der Waals surface area contributed by atoms with E-state index >= 15 is 0 Å². The lowest BCUT2D eigenvalue weighted by atomic mass is 10.2. The van der Waals surface area contributed by atoms with E-state index in [-0.39, 0.29) is 5.57 Å². The van der Waals surface area contributed by atoms with Crippen molar-refractivity contribution in [3.05, 3.63) is 37.1 Å². The van der Waals surface area contributed by atoms with Gasteiger partial charge in [-0.15, -0.1) is 13.2 Å². The Hall–Kier alpha value is -2.20. The summed E-state index contributed by atoms with van der Waals surface area (Å²) < 4.78 is 0. The molecule has 6 nitrogen and oxygen atoms in total. The zero-order chi connectivity index (χ0) is 17.0. The molecular weight excluding hydrogens is 302 g/mol. The second kappa shape index (κ2) is 11.5. The maximum absolute atomic E-state index is 12.0. The van der Waals surface area contributed by atoms with E-state index in [1.165, 1.54) is 18.0 Å². The van der Waals surface area contributed by atoms with E-state index in [0.717, 1.165) is 0 Å². The molecule has 7 heteroatoms. The molecule has 0 saturated heterocycles. The minimum atomic E-state index is -1.12. The summed E-state index contributed by atoms with van der Waals surface area (Å²) in [7, 11) is 0. The van der Waals surface area contributed by atoms with E-state index < -0.39 is 17.9 Å². The van der Waals surface area contributed by atoms with Crippen LogP contribution in [0.25, 0.3) is 0 Å². The van der Waals surface area contributed by atoms with Crippen molar-refractivity contribution < 1.29 is 14.7 Å². The Morgan fingerprint density at radius 3 is 2.41 bits per heavy atom. The van der Waals surface area contributed by atoms with Crippen molar-refractivity contribution in [1.82, 2.24) is 10.2 Å². The molecule has 0 heterocycles. The average molecular weight is 323 g/mol. The molecule has 2 N–H and O–H groups in total. The number of amides is 1. The molecule has 0 aliphatic carbocycles. The Kier molecular flexibility index (Phi) is 10.3. The zero-order valence-corrected chi connectivity index (χ0v) is 13.4. The molecule has 0 rings (SSSR count). The van der Waals surface area contributed by atoms with Gasteiger partial charge in [0.15, 0.2) is 0 Å². The number of carboxylic acid groups (broad SMARTS) is 1. The average Bonchev–Trinajstić information content (AvgIpc) is 2.48. The topological polar surface area (TPSA) is 93.4 Å². The third-order valence-electron chi connectivity index (χ3n) is 2.62. The third kappa shape index (κ3) is 7.55. The predicted molar refractivity (Wildman–Crippen MR) is 88.2 cm³/mol. The van der Waals surface area contributed by atoms with Crippen LogP contribution in [-0.2, 0) is 9.59 Å². The summed E-state index contributed by atoms with van der Waals surface area (Å²) in [5.41, 5.74) is -0.154. The van der Waals surface area contributed by atoms with E-state index in [1.807, 2.05) is 6.26 Å². The van der Waals surface area contributed by atoms with Gasteiger partial charge in [-0.1, -0.05) is 12.2 Å². The Morgan fingerprint density at radius 1 is 1.41 bits per heavy atom. The van der Waals surface area contributed by atoms with Crippen LogP contribution in [0.15, 0.2) is 37.1 Å². The Labute approximate surface area is 135 Å². The highest BCUT2D eigenvalue weighted by molar-refractivity contribution is 7.98. The summed E-state index contributed by atoms with van der Waals surface area (Å²) >= 11 is 1.49. The molecule has 1 amide bonds. The smallest absolute Gasteiger partial charge is 0.326 e. The highest BCUT2D eigenvalue weighted by Crippen LogP contribution is 2.04. The van der Waals surface area contributed by atoms with Crippen molar-refractivity contribution in [2.45, 2.75) is 12.5 Å². The Morgan fingerprint density at radius 2 is 2.00 bits per heavy atom. The molecular formula is C15H21N3O3S. The standard InChI is InChI=1S/C15H21N3O3S/c1-4-7-18(8-5-2)11-12(10-16)14(19)17-13(15(20)21)6-9-22-3/h4-5,11,13H,1-2,6-9H2,3H3,(H,17,19)(H,20,21)/b12-11-. The summed E-state index contributed by atoms with van der Waals surface area (Å²) in [6, 6.07) is 0.780. The number of carboxylic acids is 1. The predicted octanol–water partition coefficient (Wildman–Crippen LogP) is 1.39. The number of nitrogens with zero attached hydrogens (tertiary/aromatic N) is 2. The van der Waals surface area contributed by atoms with Gasteiger partial charge in [-0.25, -0.2) is 4.79 Å². The zero-order valence-electron chi connectivity index (χ0n) is 12.6. The van der Waals surface area contributed by atoms with Crippen molar-refractivity contribution in [2.24, 2.45) is 0 Å². The van der Waals surface area contributed by atoms with Crippen molar-refractivity contribution in [2.75, 3.05) is 25.1 Å². The van der Waals surface area contributed by atoms with Crippen molar-refractivity contribution in [3.63, 3.8) is 0 Å². The number of hydrogen-bond donors (Lipinski definition) is 2. The van der Waals surface area contributed by atoms with Crippen LogP contribution in [0.1, 0.15) is 6.42 Å². The number of carbonyl (C=O) groups is 2. The monoisotopic (exact) mass is 323 g/mol. The summed E-state index contributed by atoms with van der Waals surface area (Å²) in [5, 5.41) is 20.6. The highest BCUT2D eigenvalue weighted by atomic mass is 32.2. The van der Waals surface area contributed by atoms with Crippen LogP contribution in [0.2, 0.25) is 0 Å². The van der Waals surface area contributed by atoms with Crippen molar-refractivity contribution in [1.29, 1.82) is 5.26 Å². The molecule has 0 aliphatic heterocycles. The lowest BCUT2D eigenvalue weighted by Crippen LogP contribution is -2.42. The number of nitrogens with one attached hydrogen (secondary N) is 1. The fourth-order valence-electron chi connectivity index (χ4n) is 1.56. The molecule has 0 aromatic carbocycles. The molecule has 0 spiro atoms. The summed E-state index contributed by atoms with van der Waals surface area (Å²) in [6.07, 6.45) is 6.79. The summed E-state index contributed by atoms with van der Waals surface area (Å²) in [5.74, 6) is -1.22. The lowest BCUT2D eigenvalue weighted by molar-refractivity contribution is -0.141. The van der Waals surface area contributed by atoms with Crippen LogP contribution in [0.4, 0.5) is 0 Å². The second-order valence-corrected chi connectivity index (χ2v) is 5.32. The van der Waals surface area contributed by atoms with Crippen LogP contribution in [0, 0.1) is 11.3 Å². The summed E-state index contributed by atoms with van der Waals surface area (Å²) in [4.78, 5) is 24.8. The van der Waals surface area contributed by atoms with E-state index in [4.69, 9.17) is 10.4 Å². The summed E-state index contributed by atoms with van der Waals surface area (Å²) in [6.45, 7) is 8.08. The number of hydrogen-bond acceptors (Lipinski definition) is 5. The van der Waals surface area contributed by atoms with Gasteiger partial charge in [0.25, 0.3) is 5.91 Å². The van der Waals surface area contributed by atoms with E-state index in [1.54, 1.807) is 23.1 Å². The largest absolute Gasteiger partial charge is 0.480 e. The van der Waals surface area contributed by atoms with Gasteiger partial charge >= 0.3 is 5.97 Å². The first-order valence-corrected chi connectivity index (χ1v) is 7.99. The Balaban J connectivity index is 5.01. The lowest BCUT2D eigenvalue weighted by Gasteiger charge is -2.18. The van der Waals surface area contributed by atoms with Crippen LogP contribution in [-0.4, -0.2) is 53.0 Å². The number of nitriles is 1. The second-order valence-electron chi connectivity index (χ2n) is 4.33. The normalized spacial score (nSPS) is 11.9. The maximum atomic E-state index is 12.0. The van der Waals surface area contributed by atoms with Gasteiger partial charge in [-0.3, -0.25) is 4.79 Å². The molecule has 22 heavy (non-hydrogen) atoms. The van der Waals surface area contributed by atoms with Gasteiger partial charge in [0, 0.05) is 19.3 Å². The Bertz CT molecular complexity index is 473. The molecule has 0 saturated carbocycles. The van der Waals surface area contributed by atoms with Gasteiger partial charge in [0.05, 0.1) is 0 Å². The van der Waals surface area contributed by atoms with Crippen LogP contribution >= 0.6 is 11.8 Å². The maximum Gasteiger partial charge on any atom is 0.326 e. The first-order valence-electron chi connectivity index (χ1n) is 6.60. The van der Waals surface area contributed by atoms with Crippen molar-refractivity contribution in [3.8, 4) is 6.07 Å². The van der Waals surface area contributed by atoms with E-state index in [9.17, 15) is 9.59 Å². The molecule has 0 radical (unpaired) electrons. The van der Waals surface area contributed by atoms with Crippen LogP contribution < -0.4 is 5.32 Å². The van der Waals surface area contributed by atoms with E-state index in [0.29, 0.717) is 25.3 Å². The molecule has 0 aromatic heterocycles. The minimum absolute atomic E-state index is 0.154. The number of carbonyl (C=O) groups excluding carboxylic acids is 1.